The number of amidine groups is 1. The lowest BCUT2D eigenvalue weighted by Gasteiger charge is -2.29. The number of nitrogens with zero attached hydrogens (tertiary/aromatic N) is 3. The van der Waals surface area contributed by atoms with Gasteiger partial charge in [-0.15, -0.1) is 0 Å². The highest BCUT2D eigenvalue weighted by molar-refractivity contribution is 6.04. The molecule has 1 amide bonds. The highest BCUT2D eigenvalue weighted by Gasteiger charge is 2.36. The van der Waals surface area contributed by atoms with Gasteiger partial charge in [-0.2, -0.15) is 5.26 Å². The van der Waals surface area contributed by atoms with Crippen molar-refractivity contribution in [3.63, 3.8) is 0 Å². The van der Waals surface area contributed by atoms with Crippen LogP contribution >= 0.6 is 0 Å². The number of benzene rings is 1. The van der Waals surface area contributed by atoms with Gasteiger partial charge in [0.05, 0.1) is 5.56 Å². The number of carbonyl (C=O) groups is 1. The van der Waals surface area contributed by atoms with Crippen molar-refractivity contribution in [2.45, 2.75) is 19.1 Å². The third-order valence-electron chi connectivity index (χ3n) is 4.37. The summed E-state index contributed by atoms with van der Waals surface area (Å²) in [5, 5.41) is 11.3. The number of carbonyl (C=O) groups excluding carboxylic acids is 1. The van der Waals surface area contributed by atoms with E-state index >= 15 is 0 Å². The molecule has 0 fully saturated rings. The van der Waals surface area contributed by atoms with Gasteiger partial charge >= 0.3 is 0 Å². The zero-order chi connectivity index (χ0) is 21.9. The Hall–Kier alpha value is -3.87. The largest absolute Gasteiger partial charge is 0.431 e. The lowest BCUT2D eigenvalue weighted by atomic mass is 9.89. The van der Waals surface area contributed by atoms with Crippen molar-refractivity contribution in [1.29, 1.82) is 5.26 Å². The summed E-state index contributed by atoms with van der Waals surface area (Å²) >= 11 is 0. The first-order valence-corrected chi connectivity index (χ1v) is 8.67. The SMILES string of the molecule is CC1=C[C@@](CF)(c2cc(NC(=O)c3ncc(C#N)cc3CF)ccc2F)N=C(N)O1. The molecule has 7 nitrogen and oxygen atoms in total. The molecule has 0 unspecified atom stereocenters. The van der Waals surface area contributed by atoms with Crippen molar-refractivity contribution in [2.24, 2.45) is 10.7 Å². The molecular formula is C20H16F3N5O2. The molecule has 2 aromatic rings. The predicted molar refractivity (Wildman–Crippen MR) is 102 cm³/mol. The van der Waals surface area contributed by atoms with Crippen LogP contribution in [0.4, 0.5) is 18.9 Å². The van der Waals surface area contributed by atoms with E-state index in [1.54, 1.807) is 0 Å². The van der Waals surface area contributed by atoms with Gasteiger partial charge < -0.3 is 15.8 Å². The topological polar surface area (TPSA) is 113 Å². The van der Waals surface area contributed by atoms with Crippen LogP contribution in [0.2, 0.25) is 0 Å². The monoisotopic (exact) mass is 415 g/mol. The molecule has 1 aliphatic rings. The van der Waals surface area contributed by atoms with Crippen molar-refractivity contribution in [1.82, 2.24) is 4.98 Å². The maximum Gasteiger partial charge on any atom is 0.288 e. The molecule has 3 rings (SSSR count). The summed E-state index contributed by atoms with van der Waals surface area (Å²) in [5.41, 5.74) is 3.55. The number of aromatic nitrogens is 1. The first-order valence-electron chi connectivity index (χ1n) is 8.67. The Bertz CT molecular complexity index is 1090. The number of hydrogen-bond donors (Lipinski definition) is 2. The molecule has 0 radical (unpaired) electrons. The van der Waals surface area contributed by atoms with Gasteiger partial charge in [0.15, 0.2) is 0 Å². The fourth-order valence-corrected chi connectivity index (χ4v) is 3.06. The highest BCUT2D eigenvalue weighted by atomic mass is 19.1. The highest BCUT2D eigenvalue weighted by Crippen LogP contribution is 2.35. The van der Waals surface area contributed by atoms with Crippen LogP contribution in [0.1, 0.15) is 34.1 Å². The van der Waals surface area contributed by atoms with Gasteiger partial charge in [-0.3, -0.25) is 4.79 Å². The smallest absolute Gasteiger partial charge is 0.288 e. The molecular weight excluding hydrogens is 399 g/mol. The van der Waals surface area contributed by atoms with Crippen LogP contribution in [-0.4, -0.2) is 23.6 Å². The van der Waals surface area contributed by atoms with E-state index in [0.29, 0.717) is 0 Å². The van der Waals surface area contributed by atoms with Gasteiger partial charge in [0, 0.05) is 23.0 Å². The van der Waals surface area contributed by atoms with Gasteiger partial charge in [0.25, 0.3) is 11.9 Å². The quantitative estimate of drug-likeness (QED) is 0.778. The number of allylic oxidation sites excluding steroid dienone is 1. The first-order chi connectivity index (χ1) is 14.3. The van der Waals surface area contributed by atoms with Gasteiger partial charge in [0.2, 0.25) is 0 Å². The first kappa shape index (κ1) is 20.9. The van der Waals surface area contributed by atoms with E-state index < -0.39 is 30.6 Å². The third-order valence-corrected chi connectivity index (χ3v) is 4.37. The summed E-state index contributed by atoms with van der Waals surface area (Å²) in [4.78, 5) is 20.3. The van der Waals surface area contributed by atoms with Crippen LogP contribution < -0.4 is 11.1 Å². The van der Waals surface area contributed by atoms with Crippen LogP contribution in [0.25, 0.3) is 0 Å². The zero-order valence-corrected chi connectivity index (χ0v) is 15.7. The van der Waals surface area contributed by atoms with Crippen molar-refractivity contribution >= 4 is 17.6 Å². The number of nitriles is 1. The number of pyridine rings is 1. The molecule has 1 aromatic heterocycles. The van der Waals surface area contributed by atoms with Crippen LogP contribution in [0.15, 0.2) is 47.3 Å². The predicted octanol–water partition coefficient (Wildman–Crippen LogP) is 3.23. The molecule has 0 saturated carbocycles. The van der Waals surface area contributed by atoms with Gasteiger partial charge in [-0.05, 0) is 37.3 Å². The summed E-state index contributed by atoms with van der Waals surface area (Å²) < 4.78 is 46.9. The summed E-state index contributed by atoms with van der Waals surface area (Å²) in [6, 6.07) is 6.19. The molecule has 154 valence electrons. The molecule has 0 bridgehead atoms. The second kappa shape index (κ2) is 8.24. The van der Waals surface area contributed by atoms with E-state index in [1.807, 2.05) is 6.07 Å². The number of nitrogens with one attached hydrogen (secondary N) is 1. The average molecular weight is 415 g/mol. The minimum absolute atomic E-state index is 0.0746. The Labute approximate surface area is 169 Å². The molecule has 1 aliphatic heterocycles. The molecule has 1 atom stereocenters. The van der Waals surface area contributed by atoms with E-state index in [2.05, 4.69) is 15.3 Å². The number of aliphatic imine (C=N–C) groups is 1. The number of alkyl halides is 2. The molecule has 3 N–H and O–H groups in total. The van der Waals surface area contributed by atoms with Crippen LogP contribution in [0.3, 0.4) is 0 Å². The van der Waals surface area contributed by atoms with Crippen molar-refractivity contribution in [3.05, 3.63) is 70.5 Å². The summed E-state index contributed by atoms with van der Waals surface area (Å²) in [7, 11) is 0. The lowest BCUT2D eigenvalue weighted by Crippen LogP contribution is -2.34. The number of anilines is 1. The number of nitrogens with two attached hydrogens (primary N) is 1. The Balaban J connectivity index is 1.98. The minimum Gasteiger partial charge on any atom is -0.431 e. The van der Waals surface area contributed by atoms with Crippen LogP contribution in [0, 0.1) is 17.1 Å². The Kier molecular flexibility index (Phi) is 5.73. The Morgan fingerprint density at radius 2 is 2.13 bits per heavy atom. The maximum atomic E-state index is 14.6. The summed E-state index contributed by atoms with van der Waals surface area (Å²) in [6.45, 7) is -0.598. The Morgan fingerprint density at radius 1 is 1.37 bits per heavy atom. The fraction of sp³-hybridized carbons (Fsp3) is 0.200. The second-order valence-electron chi connectivity index (χ2n) is 6.49. The zero-order valence-electron chi connectivity index (χ0n) is 15.7. The number of rotatable bonds is 5. The standard InChI is InChI=1S/C20H16F3N5O2/c1-11-6-20(10-22,28-19(25)30-11)15-5-14(2-3-16(15)23)27-18(29)17-13(7-21)4-12(8-24)9-26-17/h2-6,9H,7,10H2,1H3,(H2,25,28)(H,27,29)/t20-/m1/s1. The van der Waals surface area contributed by atoms with Crippen LogP contribution in [-0.2, 0) is 17.0 Å². The number of halogens is 3. The molecule has 2 heterocycles. The normalized spacial score (nSPS) is 18.0. The van der Waals surface area contributed by atoms with Gasteiger partial charge in [-0.1, -0.05) is 0 Å². The number of amides is 1. The molecule has 30 heavy (non-hydrogen) atoms. The number of hydrogen-bond acceptors (Lipinski definition) is 6. The molecule has 0 saturated heterocycles. The van der Waals surface area contributed by atoms with Crippen molar-refractivity contribution in [2.75, 3.05) is 12.0 Å². The minimum atomic E-state index is -1.76. The molecule has 0 aliphatic carbocycles. The maximum absolute atomic E-state index is 14.6. The molecule has 0 spiro atoms. The van der Waals surface area contributed by atoms with Gasteiger partial charge in [-0.25, -0.2) is 23.1 Å². The van der Waals surface area contributed by atoms with Crippen LogP contribution in [0.5, 0.6) is 0 Å². The van der Waals surface area contributed by atoms with E-state index in [4.69, 9.17) is 15.7 Å². The number of ether oxygens (including phenoxy) is 1. The van der Waals surface area contributed by atoms with E-state index in [0.717, 1.165) is 12.3 Å². The summed E-state index contributed by atoms with van der Waals surface area (Å²) in [5.74, 6) is -1.31. The van der Waals surface area contributed by atoms with E-state index in [9.17, 15) is 18.0 Å². The van der Waals surface area contributed by atoms with E-state index in [1.165, 1.54) is 31.2 Å². The molecule has 10 heteroatoms. The van der Waals surface area contributed by atoms with Crippen molar-refractivity contribution in [3.8, 4) is 6.07 Å². The summed E-state index contributed by atoms with van der Waals surface area (Å²) in [6.07, 6.45) is 2.42. The average Bonchev–Trinajstić information content (AvgIpc) is 2.73. The van der Waals surface area contributed by atoms with Crippen molar-refractivity contribution < 1.29 is 22.7 Å². The Morgan fingerprint density at radius 3 is 2.77 bits per heavy atom. The second-order valence-corrected chi connectivity index (χ2v) is 6.49. The lowest BCUT2D eigenvalue weighted by molar-refractivity contribution is 0.102. The third kappa shape index (κ3) is 3.96. The van der Waals surface area contributed by atoms with E-state index in [-0.39, 0.29) is 39.9 Å². The van der Waals surface area contributed by atoms with Gasteiger partial charge in [0.1, 0.15) is 42.2 Å². The fourth-order valence-electron chi connectivity index (χ4n) is 3.06. The molecule has 1 aromatic carbocycles.